The maximum Gasteiger partial charge on any atom is 0.149 e. The highest BCUT2D eigenvalue weighted by Gasteiger charge is 2.20. The van der Waals surface area contributed by atoms with E-state index in [2.05, 4.69) is 10.3 Å². The van der Waals surface area contributed by atoms with E-state index < -0.39 is 9.84 Å². The average Bonchev–Trinajstić information content (AvgIpc) is 3.17. The van der Waals surface area contributed by atoms with Gasteiger partial charge in [-0.25, -0.2) is 13.4 Å². The van der Waals surface area contributed by atoms with E-state index in [0.29, 0.717) is 12.6 Å². The van der Waals surface area contributed by atoms with Crippen LogP contribution < -0.4 is 10.2 Å². The van der Waals surface area contributed by atoms with Crippen LogP contribution in [0.3, 0.4) is 0 Å². The second-order valence-electron chi connectivity index (χ2n) is 5.19. The molecule has 1 aromatic heterocycles. The van der Waals surface area contributed by atoms with Crippen molar-refractivity contribution in [3.8, 4) is 0 Å². The first-order chi connectivity index (χ1) is 8.94. The van der Waals surface area contributed by atoms with E-state index in [-0.39, 0.29) is 5.75 Å². The van der Waals surface area contributed by atoms with Crippen LogP contribution in [-0.4, -0.2) is 45.0 Å². The Hall–Kier alpha value is -1.14. The molecule has 0 aliphatic heterocycles. The molecule has 1 heterocycles. The Morgan fingerprint density at radius 3 is 2.79 bits per heavy atom. The standard InChI is InChI=1S/C13H21N3O2S/c1-16(8-9-19(2,17)18)13-5-3-4-12(15-13)10-14-11-6-7-11/h3-5,11,14H,6-10H2,1-2H3. The second kappa shape index (κ2) is 5.88. The van der Waals surface area contributed by atoms with Gasteiger partial charge in [0.05, 0.1) is 11.4 Å². The molecule has 0 aromatic carbocycles. The summed E-state index contributed by atoms with van der Waals surface area (Å²) >= 11 is 0. The van der Waals surface area contributed by atoms with Crippen LogP contribution in [0, 0.1) is 0 Å². The highest BCUT2D eigenvalue weighted by atomic mass is 32.2. The molecule has 106 valence electrons. The third-order valence-corrected chi connectivity index (χ3v) is 4.05. The zero-order valence-corrected chi connectivity index (χ0v) is 12.3. The lowest BCUT2D eigenvalue weighted by Gasteiger charge is -2.18. The van der Waals surface area contributed by atoms with E-state index in [1.54, 1.807) is 0 Å². The summed E-state index contributed by atoms with van der Waals surface area (Å²) < 4.78 is 22.3. The summed E-state index contributed by atoms with van der Waals surface area (Å²) in [6.45, 7) is 1.24. The minimum Gasteiger partial charge on any atom is -0.359 e. The predicted molar refractivity (Wildman–Crippen MR) is 77.1 cm³/mol. The van der Waals surface area contributed by atoms with Crippen molar-refractivity contribution in [2.24, 2.45) is 0 Å². The molecule has 1 aliphatic rings. The van der Waals surface area contributed by atoms with Gasteiger partial charge in [0.1, 0.15) is 15.7 Å². The number of hydrogen-bond donors (Lipinski definition) is 1. The summed E-state index contributed by atoms with van der Waals surface area (Å²) in [5, 5.41) is 3.42. The maximum atomic E-state index is 11.2. The van der Waals surface area contributed by atoms with Gasteiger partial charge in [0, 0.05) is 32.4 Å². The van der Waals surface area contributed by atoms with Gasteiger partial charge in [-0.15, -0.1) is 0 Å². The first-order valence-corrected chi connectivity index (χ1v) is 8.58. The SMILES string of the molecule is CN(CCS(C)(=O)=O)c1cccc(CNC2CC2)n1. The summed E-state index contributed by atoms with van der Waals surface area (Å²) in [6, 6.07) is 6.52. The Morgan fingerprint density at radius 2 is 2.16 bits per heavy atom. The van der Waals surface area contributed by atoms with E-state index in [1.807, 2.05) is 30.1 Å². The number of rotatable bonds is 7. The number of anilines is 1. The van der Waals surface area contributed by atoms with Gasteiger partial charge >= 0.3 is 0 Å². The van der Waals surface area contributed by atoms with E-state index in [1.165, 1.54) is 19.1 Å². The van der Waals surface area contributed by atoms with Crippen LogP contribution in [0.1, 0.15) is 18.5 Å². The third kappa shape index (κ3) is 5.16. The Bertz CT molecular complexity index is 526. The first-order valence-electron chi connectivity index (χ1n) is 6.52. The molecule has 0 spiro atoms. The number of nitrogens with one attached hydrogen (secondary N) is 1. The maximum absolute atomic E-state index is 11.2. The fourth-order valence-electron chi connectivity index (χ4n) is 1.73. The van der Waals surface area contributed by atoms with Gasteiger partial charge in [-0.05, 0) is 25.0 Å². The average molecular weight is 283 g/mol. The number of hydrogen-bond acceptors (Lipinski definition) is 5. The smallest absolute Gasteiger partial charge is 0.149 e. The summed E-state index contributed by atoms with van der Waals surface area (Å²) in [5.41, 5.74) is 0.996. The first kappa shape index (κ1) is 14.3. The number of aromatic nitrogens is 1. The zero-order valence-electron chi connectivity index (χ0n) is 11.5. The van der Waals surface area contributed by atoms with Crippen LogP contribution in [-0.2, 0) is 16.4 Å². The van der Waals surface area contributed by atoms with Gasteiger partial charge in [0.2, 0.25) is 0 Å². The van der Waals surface area contributed by atoms with Gasteiger partial charge in [0.15, 0.2) is 0 Å². The normalized spacial score (nSPS) is 15.5. The predicted octanol–water partition coefficient (Wildman–Crippen LogP) is 0.814. The van der Waals surface area contributed by atoms with Crippen molar-refractivity contribution in [1.82, 2.24) is 10.3 Å². The van der Waals surface area contributed by atoms with E-state index in [9.17, 15) is 8.42 Å². The van der Waals surface area contributed by atoms with Gasteiger partial charge in [0.25, 0.3) is 0 Å². The lowest BCUT2D eigenvalue weighted by molar-refractivity contribution is 0.601. The lowest BCUT2D eigenvalue weighted by Crippen LogP contribution is -2.26. The molecule has 1 aromatic rings. The van der Waals surface area contributed by atoms with E-state index in [0.717, 1.165) is 18.1 Å². The molecule has 0 unspecified atom stereocenters. The fourth-order valence-corrected chi connectivity index (χ4v) is 2.34. The van der Waals surface area contributed by atoms with E-state index >= 15 is 0 Å². The van der Waals surface area contributed by atoms with Crippen LogP contribution in [0.25, 0.3) is 0 Å². The molecule has 0 radical (unpaired) electrons. The minimum atomic E-state index is -2.93. The Balaban J connectivity index is 1.92. The Labute approximate surface area is 114 Å². The number of pyridine rings is 1. The summed E-state index contributed by atoms with van der Waals surface area (Å²) in [4.78, 5) is 6.42. The molecule has 5 nitrogen and oxygen atoms in total. The summed E-state index contributed by atoms with van der Waals surface area (Å²) in [6.07, 6.45) is 3.77. The van der Waals surface area contributed by atoms with Crippen molar-refractivity contribution < 1.29 is 8.42 Å². The molecular weight excluding hydrogens is 262 g/mol. The zero-order chi connectivity index (χ0) is 13.9. The van der Waals surface area contributed by atoms with Crippen LogP contribution in [0.5, 0.6) is 0 Å². The van der Waals surface area contributed by atoms with Crippen molar-refractivity contribution in [2.75, 3.05) is 30.5 Å². The monoisotopic (exact) mass is 283 g/mol. The molecule has 0 amide bonds. The molecule has 19 heavy (non-hydrogen) atoms. The molecule has 1 N–H and O–H groups in total. The van der Waals surface area contributed by atoms with Gasteiger partial charge in [-0.1, -0.05) is 6.07 Å². The van der Waals surface area contributed by atoms with Crippen LogP contribution in [0.15, 0.2) is 18.2 Å². The van der Waals surface area contributed by atoms with Crippen molar-refractivity contribution in [3.05, 3.63) is 23.9 Å². The van der Waals surface area contributed by atoms with Crippen molar-refractivity contribution >= 4 is 15.7 Å². The third-order valence-electron chi connectivity index (χ3n) is 3.13. The molecule has 0 atom stereocenters. The number of sulfone groups is 1. The molecule has 0 bridgehead atoms. The van der Waals surface area contributed by atoms with Crippen LogP contribution in [0.2, 0.25) is 0 Å². The van der Waals surface area contributed by atoms with E-state index in [4.69, 9.17) is 0 Å². The molecule has 1 aliphatic carbocycles. The molecule has 1 saturated carbocycles. The van der Waals surface area contributed by atoms with Crippen LogP contribution >= 0.6 is 0 Å². The quantitative estimate of drug-likeness (QED) is 0.802. The van der Waals surface area contributed by atoms with Crippen molar-refractivity contribution in [3.63, 3.8) is 0 Å². The topological polar surface area (TPSA) is 62.3 Å². The Kier molecular flexibility index (Phi) is 4.42. The molecule has 2 rings (SSSR count). The highest BCUT2D eigenvalue weighted by molar-refractivity contribution is 7.90. The molecular formula is C13H21N3O2S. The largest absolute Gasteiger partial charge is 0.359 e. The summed E-state index contributed by atoms with van der Waals surface area (Å²) in [7, 11) is -1.07. The lowest BCUT2D eigenvalue weighted by atomic mass is 10.3. The minimum absolute atomic E-state index is 0.149. The molecule has 0 saturated heterocycles. The van der Waals surface area contributed by atoms with Crippen molar-refractivity contribution in [1.29, 1.82) is 0 Å². The fraction of sp³-hybridized carbons (Fsp3) is 0.615. The van der Waals surface area contributed by atoms with Crippen molar-refractivity contribution in [2.45, 2.75) is 25.4 Å². The Morgan fingerprint density at radius 1 is 1.42 bits per heavy atom. The second-order valence-corrected chi connectivity index (χ2v) is 7.45. The summed E-state index contributed by atoms with van der Waals surface area (Å²) in [5.74, 6) is 0.967. The van der Waals surface area contributed by atoms with Gasteiger partial charge in [-0.2, -0.15) is 0 Å². The highest BCUT2D eigenvalue weighted by Crippen LogP contribution is 2.19. The van der Waals surface area contributed by atoms with Crippen LogP contribution in [0.4, 0.5) is 5.82 Å². The molecule has 6 heteroatoms. The van der Waals surface area contributed by atoms with Gasteiger partial charge in [-0.3, -0.25) is 0 Å². The molecule has 1 fully saturated rings. The number of nitrogens with zero attached hydrogens (tertiary/aromatic N) is 2. The van der Waals surface area contributed by atoms with Gasteiger partial charge < -0.3 is 10.2 Å².